The summed E-state index contributed by atoms with van der Waals surface area (Å²) in [6, 6.07) is 10.2. The van der Waals surface area contributed by atoms with Crippen LogP contribution in [-0.4, -0.2) is 24.0 Å². The molecule has 1 aromatic heterocycles. The van der Waals surface area contributed by atoms with Gasteiger partial charge in [0.1, 0.15) is 0 Å². The molecular weight excluding hydrogens is 286 g/mol. The zero-order chi connectivity index (χ0) is 16.8. The van der Waals surface area contributed by atoms with Crippen molar-refractivity contribution in [1.82, 2.24) is 10.3 Å². The molecule has 0 unspecified atom stereocenters. The Labute approximate surface area is 138 Å². The van der Waals surface area contributed by atoms with Crippen molar-refractivity contribution in [1.29, 1.82) is 0 Å². The maximum atomic E-state index is 12.2. The van der Waals surface area contributed by atoms with Crippen LogP contribution in [0.1, 0.15) is 36.7 Å². The fraction of sp³-hybridized carbons (Fsp3) is 0.368. The molecule has 1 heterocycles. The van der Waals surface area contributed by atoms with Crippen LogP contribution in [0.25, 0.3) is 0 Å². The topological polar surface area (TPSA) is 45.2 Å². The summed E-state index contributed by atoms with van der Waals surface area (Å²) in [5.74, 6) is 0.350. The minimum Gasteiger partial charge on any atom is -0.352 e. The van der Waals surface area contributed by atoms with Crippen LogP contribution in [0.2, 0.25) is 0 Å². The quantitative estimate of drug-likeness (QED) is 0.879. The summed E-state index contributed by atoms with van der Waals surface area (Å²) in [5.41, 5.74) is 3.83. The molecule has 0 fully saturated rings. The highest BCUT2D eigenvalue weighted by atomic mass is 16.1. The monoisotopic (exact) mass is 311 g/mol. The molecule has 1 amide bonds. The highest BCUT2D eigenvalue weighted by Crippen LogP contribution is 2.25. The zero-order valence-electron chi connectivity index (χ0n) is 14.3. The van der Waals surface area contributed by atoms with Gasteiger partial charge in [0.15, 0.2) is 0 Å². The molecule has 2 rings (SSSR count). The lowest BCUT2D eigenvalue weighted by molar-refractivity contribution is 0.0948. The van der Waals surface area contributed by atoms with E-state index in [9.17, 15) is 4.79 Å². The minimum absolute atomic E-state index is 0.0756. The van der Waals surface area contributed by atoms with Crippen LogP contribution in [0.5, 0.6) is 0 Å². The average molecular weight is 311 g/mol. The number of benzene rings is 1. The van der Waals surface area contributed by atoms with Gasteiger partial charge in [-0.1, -0.05) is 26.0 Å². The van der Waals surface area contributed by atoms with E-state index in [-0.39, 0.29) is 5.91 Å². The number of rotatable bonds is 6. The van der Waals surface area contributed by atoms with E-state index in [1.54, 1.807) is 12.4 Å². The van der Waals surface area contributed by atoms with Crippen LogP contribution in [0.15, 0.2) is 42.7 Å². The number of hydrogen-bond donors (Lipinski definition) is 1. The predicted octanol–water partition coefficient (Wildman–Crippen LogP) is 3.93. The molecule has 23 heavy (non-hydrogen) atoms. The Balaban J connectivity index is 2.25. The first-order valence-corrected chi connectivity index (χ1v) is 8.08. The average Bonchev–Trinajstić information content (AvgIpc) is 2.53. The van der Waals surface area contributed by atoms with Crippen LogP contribution < -0.4 is 10.2 Å². The van der Waals surface area contributed by atoms with E-state index in [4.69, 9.17) is 0 Å². The van der Waals surface area contributed by atoms with Gasteiger partial charge >= 0.3 is 0 Å². The van der Waals surface area contributed by atoms with Gasteiger partial charge in [-0.15, -0.1) is 0 Å². The maximum absolute atomic E-state index is 12.2. The van der Waals surface area contributed by atoms with Crippen molar-refractivity contribution in [2.24, 2.45) is 5.92 Å². The molecule has 122 valence electrons. The first-order chi connectivity index (χ1) is 11.0. The van der Waals surface area contributed by atoms with Crippen molar-refractivity contribution >= 4 is 17.3 Å². The summed E-state index contributed by atoms with van der Waals surface area (Å²) < 4.78 is 0. The number of anilines is 2. The molecule has 0 bridgehead atoms. The Morgan fingerprint density at radius 2 is 2.00 bits per heavy atom. The predicted molar refractivity (Wildman–Crippen MR) is 95.3 cm³/mol. The minimum atomic E-state index is -0.0756. The maximum Gasteiger partial charge on any atom is 0.252 e. The van der Waals surface area contributed by atoms with E-state index in [0.29, 0.717) is 18.0 Å². The summed E-state index contributed by atoms with van der Waals surface area (Å²) in [5, 5.41) is 2.93. The summed E-state index contributed by atoms with van der Waals surface area (Å²) in [4.78, 5) is 18.6. The lowest BCUT2D eigenvalue weighted by Gasteiger charge is -2.23. The van der Waals surface area contributed by atoms with Crippen LogP contribution in [0.4, 0.5) is 11.4 Å². The first-order valence-electron chi connectivity index (χ1n) is 8.08. The standard InChI is InChI=1S/C19H25N3O/c1-5-22(17-8-6-7-15(4)9-17)18-10-16(12-20-13-18)19(23)21-11-14(2)3/h6-10,12-14H,5,11H2,1-4H3,(H,21,23). The second-order valence-electron chi connectivity index (χ2n) is 6.12. The summed E-state index contributed by atoms with van der Waals surface area (Å²) in [6.07, 6.45) is 3.41. The molecular formula is C19H25N3O. The fourth-order valence-electron chi connectivity index (χ4n) is 2.41. The second kappa shape index (κ2) is 7.77. The van der Waals surface area contributed by atoms with Crippen molar-refractivity contribution in [3.8, 4) is 0 Å². The molecule has 0 atom stereocenters. The van der Waals surface area contributed by atoms with Crippen LogP contribution in [0.3, 0.4) is 0 Å². The highest BCUT2D eigenvalue weighted by Gasteiger charge is 2.12. The van der Waals surface area contributed by atoms with Crippen molar-refractivity contribution in [3.63, 3.8) is 0 Å². The van der Waals surface area contributed by atoms with E-state index in [0.717, 1.165) is 17.9 Å². The number of aryl methyl sites for hydroxylation is 1. The number of carbonyl (C=O) groups is 1. The summed E-state index contributed by atoms with van der Waals surface area (Å²) in [7, 11) is 0. The largest absolute Gasteiger partial charge is 0.352 e. The van der Waals surface area contributed by atoms with Gasteiger partial charge in [-0.05, 0) is 43.5 Å². The lowest BCUT2D eigenvalue weighted by atomic mass is 10.1. The SMILES string of the molecule is CCN(c1cccc(C)c1)c1cncc(C(=O)NCC(C)C)c1. The number of amides is 1. The van der Waals surface area contributed by atoms with Crippen molar-refractivity contribution < 1.29 is 4.79 Å². The highest BCUT2D eigenvalue weighted by molar-refractivity contribution is 5.94. The van der Waals surface area contributed by atoms with Gasteiger partial charge in [-0.25, -0.2) is 0 Å². The van der Waals surface area contributed by atoms with E-state index in [1.165, 1.54) is 5.56 Å². The molecule has 1 aromatic carbocycles. The third kappa shape index (κ3) is 4.55. The molecule has 0 radical (unpaired) electrons. The molecule has 0 aliphatic rings. The Morgan fingerprint density at radius 3 is 2.65 bits per heavy atom. The van der Waals surface area contributed by atoms with E-state index in [1.807, 2.05) is 12.1 Å². The van der Waals surface area contributed by atoms with Gasteiger partial charge < -0.3 is 10.2 Å². The van der Waals surface area contributed by atoms with Gasteiger partial charge in [-0.2, -0.15) is 0 Å². The summed E-state index contributed by atoms with van der Waals surface area (Å²) in [6.45, 7) is 9.79. The molecule has 4 heteroatoms. The second-order valence-corrected chi connectivity index (χ2v) is 6.12. The number of nitrogens with zero attached hydrogens (tertiary/aromatic N) is 2. The Hall–Kier alpha value is -2.36. The Morgan fingerprint density at radius 1 is 1.22 bits per heavy atom. The normalized spacial score (nSPS) is 10.7. The number of carbonyl (C=O) groups excluding carboxylic acids is 1. The molecule has 1 N–H and O–H groups in total. The first kappa shape index (κ1) is 17.0. The summed E-state index contributed by atoms with van der Waals surface area (Å²) >= 11 is 0. The Bertz CT molecular complexity index is 667. The number of hydrogen-bond acceptors (Lipinski definition) is 3. The van der Waals surface area contributed by atoms with Crippen molar-refractivity contribution in [2.75, 3.05) is 18.0 Å². The molecule has 2 aromatic rings. The molecule has 0 saturated carbocycles. The van der Waals surface area contributed by atoms with Crippen LogP contribution >= 0.6 is 0 Å². The van der Waals surface area contributed by atoms with Crippen LogP contribution in [0, 0.1) is 12.8 Å². The van der Waals surface area contributed by atoms with Gasteiger partial charge in [0, 0.05) is 25.0 Å². The molecule has 0 saturated heterocycles. The smallest absolute Gasteiger partial charge is 0.252 e. The van der Waals surface area contributed by atoms with Gasteiger partial charge in [0.05, 0.1) is 17.4 Å². The van der Waals surface area contributed by atoms with Crippen molar-refractivity contribution in [2.45, 2.75) is 27.7 Å². The lowest BCUT2D eigenvalue weighted by Crippen LogP contribution is -2.27. The molecule has 0 aliphatic heterocycles. The van der Waals surface area contributed by atoms with E-state index < -0.39 is 0 Å². The number of pyridine rings is 1. The zero-order valence-corrected chi connectivity index (χ0v) is 14.3. The van der Waals surface area contributed by atoms with Crippen molar-refractivity contribution in [3.05, 3.63) is 53.9 Å². The van der Waals surface area contributed by atoms with Gasteiger partial charge in [0.25, 0.3) is 5.91 Å². The number of aromatic nitrogens is 1. The fourth-order valence-corrected chi connectivity index (χ4v) is 2.41. The third-order valence-electron chi connectivity index (χ3n) is 3.60. The molecule has 4 nitrogen and oxygen atoms in total. The van der Waals surface area contributed by atoms with Gasteiger partial charge in [0.2, 0.25) is 0 Å². The van der Waals surface area contributed by atoms with E-state index in [2.05, 4.69) is 61.1 Å². The Kier molecular flexibility index (Phi) is 5.74. The van der Waals surface area contributed by atoms with E-state index >= 15 is 0 Å². The molecule has 0 aliphatic carbocycles. The number of nitrogens with one attached hydrogen (secondary N) is 1. The van der Waals surface area contributed by atoms with Gasteiger partial charge in [-0.3, -0.25) is 9.78 Å². The third-order valence-corrected chi connectivity index (χ3v) is 3.60. The van der Waals surface area contributed by atoms with Crippen LogP contribution in [-0.2, 0) is 0 Å². The molecule has 0 spiro atoms.